The van der Waals surface area contributed by atoms with E-state index in [1.165, 1.54) is 42.5 Å². The molecule has 0 aromatic heterocycles. The van der Waals surface area contributed by atoms with Crippen LogP contribution in [0, 0.1) is 0 Å². The molecule has 1 heteroatoms. The lowest BCUT2D eigenvalue weighted by Crippen LogP contribution is -2.15. The van der Waals surface area contributed by atoms with Crippen LogP contribution in [0.2, 0.25) is 0 Å². The Labute approximate surface area is 96.2 Å². The lowest BCUT2D eigenvalue weighted by Gasteiger charge is -2.04. The molecule has 1 rings (SSSR count). The van der Waals surface area contributed by atoms with E-state index in [1.807, 2.05) is 0 Å². The van der Waals surface area contributed by atoms with Crippen LogP contribution in [0.3, 0.4) is 0 Å². The third kappa shape index (κ3) is 5.58. The molecule has 0 saturated heterocycles. The van der Waals surface area contributed by atoms with E-state index in [0.717, 1.165) is 0 Å². The van der Waals surface area contributed by atoms with E-state index >= 15 is 0 Å². The van der Waals surface area contributed by atoms with Gasteiger partial charge in [0, 0.05) is 0 Å². The van der Waals surface area contributed by atoms with Crippen molar-refractivity contribution in [1.29, 1.82) is 0 Å². The largest absolute Gasteiger partial charge is 0.104 e. The molecule has 15 heavy (non-hydrogen) atoms. The highest BCUT2D eigenvalue weighted by molar-refractivity contribution is 6.60. The smallest absolute Gasteiger partial charge is 0.0816 e. The Morgan fingerprint density at radius 3 is 2.53 bits per heavy atom. The second-order valence-electron chi connectivity index (χ2n) is 4.22. The summed E-state index contributed by atoms with van der Waals surface area (Å²) in [5.74, 6) is 0. The molecule has 0 bridgehead atoms. The zero-order chi connectivity index (χ0) is 10.9. The minimum absolute atomic E-state index is 0.216. The van der Waals surface area contributed by atoms with E-state index in [9.17, 15) is 0 Å². The number of benzene rings is 1. The Balaban J connectivity index is 2.19. The summed E-state index contributed by atoms with van der Waals surface area (Å²) in [5.41, 5.74) is 0. The van der Waals surface area contributed by atoms with Crippen molar-refractivity contribution in [3.05, 3.63) is 42.1 Å². The normalized spacial score (nSPS) is 11.0. The van der Waals surface area contributed by atoms with Gasteiger partial charge in [0.05, 0.1) is 9.52 Å². The summed E-state index contributed by atoms with van der Waals surface area (Å²) < 4.78 is 0. The van der Waals surface area contributed by atoms with E-state index in [0.29, 0.717) is 0 Å². The average Bonchev–Trinajstić information content (AvgIpc) is 2.26. The molecule has 0 fully saturated rings. The maximum atomic E-state index is 4.21. The van der Waals surface area contributed by atoms with Crippen LogP contribution in [0.1, 0.15) is 39.0 Å². The molecule has 1 aromatic carbocycles. The number of rotatable bonds is 7. The maximum Gasteiger partial charge on any atom is 0.0816 e. The van der Waals surface area contributed by atoms with Crippen molar-refractivity contribution in [2.45, 2.75) is 39.0 Å². The van der Waals surface area contributed by atoms with Crippen LogP contribution in [0.15, 0.2) is 42.1 Å². The summed E-state index contributed by atoms with van der Waals surface area (Å²) in [6.07, 6.45) is 6.66. The molecule has 0 amide bonds. The lowest BCUT2D eigenvalue weighted by atomic mass is 10.1. The van der Waals surface area contributed by atoms with E-state index in [2.05, 4.69) is 43.8 Å². The maximum absolute atomic E-state index is 4.21. The van der Waals surface area contributed by atoms with Gasteiger partial charge in [-0.15, -0.1) is 6.58 Å². The molecule has 0 nitrogen and oxygen atoms in total. The first-order valence-corrected chi connectivity index (χ1v) is 7.45. The minimum Gasteiger partial charge on any atom is -0.104 e. The summed E-state index contributed by atoms with van der Waals surface area (Å²) in [5, 5.41) is 3.04. The van der Waals surface area contributed by atoms with Gasteiger partial charge in [-0.25, -0.2) is 0 Å². The van der Waals surface area contributed by atoms with Crippen LogP contribution < -0.4 is 5.19 Å². The SMILES string of the molecule is C=C(CCCCCC)[SiH2]c1ccccc1. The molecular formula is C14H22Si. The monoisotopic (exact) mass is 218 g/mol. The van der Waals surface area contributed by atoms with Crippen molar-refractivity contribution in [3.8, 4) is 0 Å². The fraction of sp³-hybridized carbons (Fsp3) is 0.429. The molecule has 0 saturated carbocycles. The molecule has 0 aliphatic rings. The quantitative estimate of drug-likeness (QED) is 0.487. The van der Waals surface area contributed by atoms with Gasteiger partial charge in [0.25, 0.3) is 0 Å². The minimum atomic E-state index is -0.216. The molecule has 0 unspecified atom stereocenters. The van der Waals surface area contributed by atoms with Crippen molar-refractivity contribution >= 4 is 14.7 Å². The Bertz CT molecular complexity index is 277. The van der Waals surface area contributed by atoms with E-state index in [-0.39, 0.29) is 9.52 Å². The van der Waals surface area contributed by atoms with Gasteiger partial charge in [-0.05, 0) is 12.8 Å². The number of hydrogen-bond donors (Lipinski definition) is 0. The third-order valence-electron chi connectivity index (χ3n) is 2.68. The first-order valence-electron chi connectivity index (χ1n) is 6.03. The Morgan fingerprint density at radius 2 is 1.87 bits per heavy atom. The second kappa shape index (κ2) is 7.47. The van der Waals surface area contributed by atoms with E-state index in [1.54, 1.807) is 0 Å². The van der Waals surface area contributed by atoms with Gasteiger partial charge >= 0.3 is 0 Å². The molecule has 0 heterocycles. The van der Waals surface area contributed by atoms with Crippen LogP contribution in [0.5, 0.6) is 0 Å². The standard InChI is InChI=1S/C14H22Si/c1-3-4-5-7-10-13(2)15-14-11-8-6-9-12-14/h6,8-9,11-12H,2-5,7,10,15H2,1H3. The topological polar surface area (TPSA) is 0 Å². The second-order valence-corrected chi connectivity index (χ2v) is 6.39. The van der Waals surface area contributed by atoms with Gasteiger partial charge in [0.15, 0.2) is 0 Å². The van der Waals surface area contributed by atoms with Crippen LogP contribution in [-0.2, 0) is 0 Å². The third-order valence-corrected chi connectivity index (χ3v) is 4.41. The fourth-order valence-corrected chi connectivity index (χ4v) is 3.29. The summed E-state index contributed by atoms with van der Waals surface area (Å²) in [6, 6.07) is 10.8. The first-order chi connectivity index (χ1) is 7.33. The fourth-order valence-electron chi connectivity index (χ4n) is 1.77. The number of unbranched alkanes of at least 4 members (excludes halogenated alkanes) is 3. The van der Waals surface area contributed by atoms with Crippen LogP contribution in [0.25, 0.3) is 0 Å². The van der Waals surface area contributed by atoms with Gasteiger partial charge in [0.1, 0.15) is 0 Å². The van der Waals surface area contributed by atoms with Gasteiger partial charge in [0.2, 0.25) is 0 Å². The highest BCUT2D eigenvalue weighted by Crippen LogP contribution is 2.07. The molecule has 82 valence electrons. The zero-order valence-electron chi connectivity index (χ0n) is 9.84. The molecule has 1 aromatic rings. The van der Waals surface area contributed by atoms with Crippen LogP contribution in [0.4, 0.5) is 0 Å². The van der Waals surface area contributed by atoms with Crippen molar-refractivity contribution in [3.63, 3.8) is 0 Å². The highest BCUT2D eigenvalue weighted by Gasteiger charge is 1.97. The van der Waals surface area contributed by atoms with Gasteiger partial charge in [-0.2, -0.15) is 0 Å². The van der Waals surface area contributed by atoms with Crippen LogP contribution in [-0.4, -0.2) is 9.52 Å². The van der Waals surface area contributed by atoms with Crippen molar-refractivity contribution in [2.75, 3.05) is 0 Å². The van der Waals surface area contributed by atoms with E-state index < -0.39 is 0 Å². The summed E-state index contributed by atoms with van der Waals surface area (Å²) in [6.45, 7) is 6.47. The molecule has 0 N–H and O–H groups in total. The molecule has 0 aliphatic carbocycles. The molecular weight excluding hydrogens is 196 g/mol. The molecule has 0 radical (unpaired) electrons. The number of allylic oxidation sites excluding steroid dienone is 1. The predicted molar refractivity (Wildman–Crippen MR) is 72.5 cm³/mol. The zero-order valence-corrected chi connectivity index (χ0v) is 11.3. The molecule has 0 spiro atoms. The van der Waals surface area contributed by atoms with E-state index in [4.69, 9.17) is 0 Å². The van der Waals surface area contributed by atoms with Crippen molar-refractivity contribution in [2.24, 2.45) is 0 Å². The number of hydrogen-bond acceptors (Lipinski definition) is 0. The summed E-state index contributed by atoms with van der Waals surface area (Å²) >= 11 is 0. The molecule has 0 aliphatic heterocycles. The molecule has 0 atom stereocenters. The Morgan fingerprint density at radius 1 is 1.13 bits per heavy atom. The lowest BCUT2D eigenvalue weighted by molar-refractivity contribution is 0.672. The summed E-state index contributed by atoms with van der Waals surface area (Å²) in [7, 11) is -0.216. The van der Waals surface area contributed by atoms with Crippen LogP contribution >= 0.6 is 0 Å². The highest BCUT2D eigenvalue weighted by atomic mass is 28.2. The van der Waals surface area contributed by atoms with Gasteiger partial charge in [-0.3, -0.25) is 0 Å². The van der Waals surface area contributed by atoms with Crippen molar-refractivity contribution in [1.82, 2.24) is 0 Å². The summed E-state index contributed by atoms with van der Waals surface area (Å²) in [4.78, 5) is 0. The van der Waals surface area contributed by atoms with Gasteiger partial charge < -0.3 is 0 Å². The average molecular weight is 218 g/mol. The predicted octanol–water partition coefficient (Wildman–Crippen LogP) is 2.96. The Kier molecular flexibility index (Phi) is 6.10. The first kappa shape index (κ1) is 12.2. The van der Waals surface area contributed by atoms with Gasteiger partial charge in [-0.1, -0.05) is 66.9 Å². The van der Waals surface area contributed by atoms with Crippen molar-refractivity contribution < 1.29 is 0 Å². The Hall–Kier alpha value is -0.823.